The minimum atomic E-state index is 0.995. The second-order valence-electron chi connectivity index (χ2n) is 2.45. The highest BCUT2D eigenvalue weighted by atomic mass is 15.2. The van der Waals surface area contributed by atoms with Crippen molar-refractivity contribution >= 4 is 5.82 Å². The first-order chi connectivity index (χ1) is 5.38. The van der Waals surface area contributed by atoms with Crippen molar-refractivity contribution in [2.75, 3.05) is 18.0 Å². The summed E-state index contributed by atoms with van der Waals surface area (Å²) < 4.78 is 0. The molecule has 0 fully saturated rings. The maximum Gasteiger partial charge on any atom is 0.175 e. The molecule has 1 aromatic heterocycles. The third-order valence-corrected chi connectivity index (χ3v) is 1.64. The van der Waals surface area contributed by atoms with E-state index in [1.807, 2.05) is 6.20 Å². The maximum absolute atomic E-state index is 4.05. The van der Waals surface area contributed by atoms with Crippen LogP contribution in [0.5, 0.6) is 0 Å². The minimum Gasteiger partial charge on any atom is -0.356 e. The number of hydrogen-bond acceptors (Lipinski definition) is 2. The summed E-state index contributed by atoms with van der Waals surface area (Å²) in [7, 11) is 0. The summed E-state index contributed by atoms with van der Waals surface area (Å²) in [5.41, 5.74) is 0. The molecule has 0 aliphatic carbocycles. The van der Waals surface area contributed by atoms with Crippen LogP contribution < -0.4 is 4.90 Å². The standard InChI is InChI=1S/C8H14N3/c1-3-5-11(4-2)8-6-9-7-10-8/h6H,3-5H2,1-2H3,(H,9,10). The highest BCUT2D eigenvalue weighted by Gasteiger charge is 2.02. The first-order valence-electron chi connectivity index (χ1n) is 4.04. The summed E-state index contributed by atoms with van der Waals surface area (Å²) in [5, 5.41) is 0. The number of nitrogens with zero attached hydrogens (tertiary/aromatic N) is 2. The number of aromatic nitrogens is 2. The van der Waals surface area contributed by atoms with E-state index in [1.165, 1.54) is 0 Å². The van der Waals surface area contributed by atoms with Crippen LogP contribution in [-0.2, 0) is 0 Å². The summed E-state index contributed by atoms with van der Waals surface area (Å²) in [6.07, 6.45) is 5.71. The molecule has 3 heteroatoms. The predicted molar refractivity (Wildman–Crippen MR) is 45.6 cm³/mol. The number of imidazole rings is 1. The van der Waals surface area contributed by atoms with Crippen LogP contribution in [0.25, 0.3) is 0 Å². The van der Waals surface area contributed by atoms with Crippen molar-refractivity contribution in [1.82, 2.24) is 9.97 Å². The molecule has 0 saturated heterocycles. The SMILES string of the molecule is CCCN(CC)c1c[nH][c]n1. The van der Waals surface area contributed by atoms with Crippen molar-refractivity contribution in [3.05, 3.63) is 12.5 Å². The molecular formula is C8H14N3. The average molecular weight is 152 g/mol. The van der Waals surface area contributed by atoms with Gasteiger partial charge in [-0.2, -0.15) is 0 Å². The number of nitrogens with one attached hydrogen (secondary N) is 1. The molecule has 0 aliphatic heterocycles. The molecule has 1 aromatic rings. The van der Waals surface area contributed by atoms with Gasteiger partial charge in [-0.25, -0.2) is 4.98 Å². The van der Waals surface area contributed by atoms with E-state index in [0.29, 0.717) is 0 Å². The Hall–Kier alpha value is -0.990. The van der Waals surface area contributed by atoms with Crippen molar-refractivity contribution in [2.24, 2.45) is 0 Å². The Balaban J connectivity index is 2.56. The van der Waals surface area contributed by atoms with Crippen molar-refractivity contribution in [1.29, 1.82) is 0 Å². The Labute approximate surface area is 67.4 Å². The van der Waals surface area contributed by atoms with Gasteiger partial charge in [0.2, 0.25) is 0 Å². The van der Waals surface area contributed by atoms with Gasteiger partial charge in [-0.1, -0.05) is 6.92 Å². The summed E-state index contributed by atoms with van der Waals surface area (Å²) in [4.78, 5) is 9.09. The van der Waals surface area contributed by atoms with E-state index in [9.17, 15) is 0 Å². The van der Waals surface area contributed by atoms with Gasteiger partial charge in [-0.15, -0.1) is 0 Å². The van der Waals surface area contributed by atoms with Crippen molar-refractivity contribution in [3.8, 4) is 0 Å². The minimum absolute atomic E-state index is 0.995. The number of hydrogen-bond donors (Lipinski definition) is 1. The van der Waals surface area contributed by atoms with Crippen LogP contribution in [0.2, 0.25) is 0 Å². The van der Waals surface area contributed by atoms with Crippen LogP contribution in [0, 0.1) is 6.33 Å². The van der Waals surface area contributed by atoms with Gasteiger partial charge in [-0.05, 0) is 13.3 Å². The third kappa shape index (κ3) is 1.97. The van der Waals surface area contributed by atoms with E-state index in [2.05, 4.69) is 35.0 Å². The Kier molecular flexibility index (Phi) is 2.95. The van der Waals surface area contributed by atoms with Gasteiger partial charge in [-0.3, -0.25) is 0 Å². The van der Waals surface area contributed by atoms with Crippen LogP contribution in [0.3, 0.4) is 0 Å². The summed E-state index contributed by atoms with van der Waals surface area (Å²) in [6, 6.07) is 0. The first-order valence-corrected chi connectivity index (χ1v) is 4.04. The predicted octanol–water partition coefficient (Wildman–Crippen LogP) is 1.45. The molecule has 0 saturated carbocycles. The van der Waals surface area contributed by atoms with Gasteiger partial charge >= 0.3 is 0 Å². The van der Waals surface area contributed by atoms with Gasteiger partial charge < -0.3 is 9.88 Å². The van der Waals surface area contributed by atoms with E-state index in [4.69, 9.17) is 0 Å². The molecular weight excluding hydrogens is 138 g/mol. The summed E-state index contributed by atoms with van der Waals surface area (Å²) in [6.45, 7) is 6.37. The average Bonchev–Trinajstić information content (AvgIpc) is 2.52. The Morgan fingerprint density at radius 3 is 2.91 bits per heavy atom. The Bertz CT molecular complexity index is 181. The van der Waals surface area contributed by atoms with E-state index in [-0.39, 0.29) is 0 Å². The number of aromatic amines is 1. The molecule has 1 radical (unpaired) electrons. The fourth-order valence-corrected chi connectivity index (χ4v) is 1.09. The highest BCUT2D eigenvalue weighted by Crippen LogP contribution is 2.07. The third-order valence-electron chi connectivity index (χ3n) is 1.64. The number of anilines is 1. The van der Waals surface area contributed by atoms with Crippen molar-refractivity contribution < 1.29 is 0 Å². The Morgan fingerprint density at radius 2 is 2.45 bits per heavy atom. The first kappa shape index (κ1) is 8.11. The van der Waals surface area contributed by atoms with Crippen LogP contribution in [-0.4, -0.2) is 23.1 Å². The molecule has 0 bridgehead atoms. The lowest BCUT2D eigenvalue weighted by atomic mass is 10.4. The fraction of sp³-hybridized carbons (Fsp3) is 0.625. The molecule has 0 unspecified atom stereocenters. The maximum atomic E-state index is 4.05. The van der Waals surface area contributed by atoms with Crippen molar-refractivity contribution in [2.45, 2.75) is 20.3 Å². The molecule has 61 valence electrons. The van der Waals surface area contributed by atoms with Crippen LogP contribution in [0.4, 0.5) is 5.82 Å². The van der Waals surface area contributed by atoms with Crippen LogP contribution >= 0.6 is 0 Å². The topological polar surface area (TPSA) is 31.9 Å². The van der Waals surface area contributed by atoms with Crippen LogP contribution in [0.1, 0.15) is 20.3 Å². The van der Waals surface area contributed by atoms with Gasteiger partial charge in [0.1, 0.15) is 5.82 Å². The molecule has 1 heterocycles. The monoisotopic (exact) mass is 152 g/mol. The van der Waals surface area contributed by atoms with E-state index >= 15 is 0 Å². The number of rotatable bonds is 4. The normalized spacial score (nSPS) is 10.0. The second-order valence-corrected chi connectivity index (χ2v) is 2.45. The number of H-pyrrole nitrogens is 1. The molecule has 11 heavy (non-hydrogen) atoms. The zero-order valence-electron chi connectivity index (χ0n) is 7.09. The molecule has 1 N–H and O–H groups in total. The smallest absolute Gasteiger partial charge is 0.175 e. The quantitative estimate of drug-likeness (QED) is 0.708. The molecule has 1 rings (SSSR count). The molecule has 0 atom stereocenters. The molecule has 0 aromatic carbocycles. The van der Waals surface area contributed by atoms with E-state index < -0.39 is 0 Å². The van der Waals surface area contributed by atoms with Crippen molar-refractivity contribution in [3.63, 3.8) is 0 Å². The van der Waals surface area contributed by atoms with E-state index in [1.54, 1.807) is 0 Å². The lowest BCUT2D eigenvalue weighted by Gasteiger charge is -2.18. The van der Waals surface area contributed by atoms with Gasteiger partial charge in [0.25, 0.3) is 0 Å². The largest absolute Gasteiger partial charge is 0.356 e. The fourth-order valence-electron chi connectivity index (χ4n) is 1.09. The molecule has 0 spiro atoms. The van der Waals surface area contributed by atoms with Gasteiger partial charge in [0, 0.05) is 19.3 Å². The van der Waals surface area contributed by atoms with E-state index in [0.717, 1.165) is 25.3 Å². The lowest BCUT2D eigenvalue weighted by molar-refractivity contribution is 0.781. The zero-order chi connectivity index (χ0) is 8.10. The van der Waals surface area contributed by atoms with Gasteiger partial charge in [0.05, 0.1) is 0 Å². The van der Waals surface area contributed by atoms with Crippen LogP contribution in [0.15, 0.2) is 6.20 Å². The zero-order valence-corrected chi connectivity index (χ0v) is 7.09. The molecule has 0 aliphatic rings. The highest BCUT2D eigenvalue weighted by molar-refractivity contribution is 5.34. The molecule has 3 nitrogen and oxygen atoms in total. The summed E-state index contributed by atoms with van der Waals surface area (Å²) in [5.74, 6) is 0.995. The summed E-state index contributed by atoms with van der Waals surface area (Å²) >= 11 is 0. The molecule has 0 amide bonds. The Morgan fingerprint density at radius 1 is 1.64 bits per heavy atom. The lowest BCUT2D eigenvalue weighted by Crippen LogP contribution is -2.23. The second kappa shape index (κ2) is 4.01. The van der Waals surface area contributed by atoms with Gasteiger partial charge in [0.15, 0.2) is 6.33 Å².